The highest BCUT2D eigenvalue weighted by Crippen LogP contribution is 2.21. The van der Waals surface area contributed by atoms with Crippen LogP contribution in [0.2, 0.25) is 0 Å². The van der Waals surface area contributed by atoms with Crippen molar-refractivity contribution in [3.8, 4) is 0 Å². The highest BCUT2D eigenvalue weighted by Gasteiger charge is 2.07. The van der Waals surface area contributed by atoms with Crippen molar-refractivity contribution < 1.29 is 10.4 Å². The van der Waals surface area contributed by atoms with Gasteiger partial charge in [-0.1, -0.05) is 70.0 Å². The summed E-state index contributed by atoms with van der Waals surface area (Å²) in [5.41, 5.74) is 9.46. The minimum Gasteiger partial charge on any atom is -0.411 e. The molecular weight excluding hydrogens is 472 g/mol. The standard InChI is InChI=1S/2C16H16N2O/c2*1-12-3-5-15(6-4-12)16(13(2)18-19)11-14-7-9-17-10-8-14/h2*3-11,19H,1-2H3/b2*16-11-,18-13+. The van der Waals surface area contributed by atoms with Crippen molar-refractivity contribution in [2.45, 2.75) is 27.7 Å². The predicted octanol–water partition coefficient (Wildman–Crippen LogP) is 7.56. The van der Waals surface area contributed by atoms with E-state index < -0.39 is 0 Å². The van der Waals surface area contributed by atoms with Crippen LogP contribution in [-0.4, -0.2) is 31.8 Å². The van der Waals surface area contributed by atoms with Crippen LogP contribution in [0.5, 0.6) is 0 Å². The Labute approximate surface area is 224 Å². The average Bonchev–Trinajstić information content (AvgIpc) is 2.96. The molecule has 0 saturated carbocycles. The molecule has 2 aromatic heterocycles. The van der Waals surface area contributed by atoms with Crippen LogP contribution in [0, 0.1) is 13.8 Å². The number of nitrogens with zero attached hydrogens (tertiary/aromatic N) is 4. The Morgan fingerprint density at radius 3 is 1.16 bits per heavy atom. The Bertz CT molecular complexity index is 1310. The van der Waals surface area contributed by atoms with Gasteiger partial charge in [-0.05, 0) is 86.4 Å². The molecule has 4 rings (SSSR count). The fourth-order valence-electron chi connectivity index (χ4n) is 3.62. The summed E-state index contributed by atoms with van der Waals surface area (Å²) >= 11 is 0. The molecule has 2 aromatic carbocycles. The topological polar surface area (TPSA) is 91.0 Å². The maximum atomic E-state index is 9.03. The second-order valence-corrected chi connectivity index (χ2v) is 8.78. The van der Waals surface area contributed by atoms with Crippen LogP contribution in [-0.2, 0) is 0 Å². The summed E-state index contributed by atoms with van der Waals surface area (Å²) in [6, 6.07) is 23.9. The van der Waals surface area contributed by atoms with Gasteiger partial charge in [0.2, 0.25) is 0 Å². The molecule has 192 valence electrons. The molecule has 0 aliphatic rings. The van der Waals surface area contributed by atoms with Gasteiger partial charge in [-0.3, -0.25) is 9.97 Å². The Morgan fingerprint density at radius 1 is 0.553 bits per heavy atom. The molecular formula is C32H32N4O2. The maximum Gasteiger partial charge on any atom is 0.0843 e. The fraction of sp³-hybridized carbons (Fsp3) is 0.125. The van der Waals surface area contributed by atoms with E-state index in [-0.39, 0.29) is 0 Å². The van der Waals surface area contributed by atoms with Crippen LogP contribution in [0.15, 0.2) is 108 Å². The van der Waals surface area contributed by atoms with Crippen LogP contribution in [0.3, 0.4) is 0 Å². The van der Waals surface area contributed by atoms with Crippen LogP contribution in [0.25, 0.3) is 23.3 Å². The summed E-state index contributed by atoms with van der Waals surface area (Å²) in [7, 11) is 0. The summed E-state index contributed by atoms with van der Waals surface area (Å²) < 4.78 is 0. The van der Waals surface area contributed by atoms with Crippen LogP contribution in [0.1, 0.15) is 47.2 Å². The SMILES string of the molecule is CC(=N\O)/C(=C/c1ccncc1)c1ccc(C)cc1.CC(=N\O)/C(=C/c1ccncc1)c1ccc(C)cc1. The van der Waals surface area contributed by atoms with E-state index in [0.717, 1.165) is 33.4 Å². The third-order valence-corrected chi connectivity index (χ3v) is 5.84. The van der Waals surface area contributed by atoms with Gasteiger partial charge >= 0.3 is 0 Å². The van der Waals surface area contributed by atoms with Crippen LogP contribution < -0.4 is 0 Å². The minimum atomic E-state index is 0.584. The number of aromatic nitrogens is 2. The molecule has 2 N–H and O–H groups in total. The smallest absolute Gasteiger partial charge is 0.0843 e. The molecule has 0 amide bonds. The quantitative estimate of drug-likeness (QED) is 0.161. The third kappa shape index (κ3) is 8.10. The van der Waals surface area contributed by atoms with E-state index in [9.17, 15) is 0 Å². The molecule has 0 spiro atoms. The molecule has 2 heterocycles. The number of allylic oxidation sites excluding steroid dienone is 2. The highest BCUT2D eigenvalue weighted by molar-refractivity contribution is 6.27. The lowest BCUT2D eigenvalue weighted by molar-refractivity contribution is 0.319. The molecule has 6 nitrogen and oxygen atoms in total. The van der Waals surface area contributed by atoms with Crippen molar-refractivity contribution in [2.24, 2.45) is 10.3 Å². The van der Waals surface area contributed by atoms with Gasteiger partial charge in [0, 0.05) is 35.9 Å². The second kappa shape index (κ2) is 14.0. The lowest BCUT2D eigenvalue weighted by atomic mass is 9.98. The highest BCUT2D eigenvalue weighted by atomic mass is 16.4. The number of aryl methyl sites for hydroxylation is 2. The first-order chi connectivity index (χ1) is 18.4. The van der Waals surface area contributed by atoms with Gasteiger partial charge in [0.1, 0.15) is 0 Å². The lowest BCUT2D eigenvalue weighted by Gasteiger charge is -2.07. The minimum absolute atomic E-state index is 0.584. The van der Waals surface area contributed by atoms with E-state index in [0.29, 0.717) is 11.4 Å². The third-order valence-electron chi connectivity index (χ3n) is 5.84. The van der Waals surface area contributed by atoms with Gasteiger partial charge in [0.05, 0.1) is 11.4 Å². The summed E-state index contributed by atoms with van der Waals surface area (Å²) in [6.07, 6.45) is 10.9. The Hall–Kier alpha value is -4.84. The van der Waals surface area contributed by atoms with Crippen molar-refractivity contribution in [2.75, 3.05) is 0 Å². The van der Waals surface area contributed by atoms with E-state index in [4.69, 9.17) is 10.4 Å². The molecule has 0 atom stereocenters. The number of pyridine rings is 2. The monoisotopic (exact) mass is 504 g/mol. The summed E-state index contributed by atoms with van der Waals surface area (Å²) in [4.78, 5) is 7.99. The molecule has 0 aliphatic heterocycles. The predicted molar refractivity (Wildman–Crippen MR) is 156 cm³/mol. The number of hydrogen-bond acceptors (Lipinski definition) is 6. The molecule has 0 saturated heterocycles. The first-order valence-corrected chi connectivity index (χ1v) is 12.2. The molecule has 0 radical (unpaired) electrons. The normalized spacial score (nSPS) is 12.5. The lowest BCUT2D eigenvalue weighted by Crippen LogP contribution is -1.97. The van der Waals surface area contributed by atoms with Gasteiger partial charge in [-0.15, -0.1) is 0 Å². The second-order valence-electron chi connectivity index (χ2n) is 8.78. The summed E-state index contributed by atoms with van der Waals surface area (Å²) in [6.45, 7) is 7.66. The largest absolute Gasteiger partial charge is 0.411 e. The number of oxime groups is 2. The van der Waals surface area contributed by atoms with E-state index in [1.165, 1.54) is 11.1 Å². The Morgan fingerprint density at radius 2 is 0.868 bits per heavy atom. The summed E-state index contributed by atoms with van der Waals surface area (Å²) in [5.74, 6) is 0. The van der Waals surface area contributed by atoms with Crippen molar-refractivity contribution in [3.63, 3.8) is 0 Å². The van der Waals surface area contributed by atoms with Gasteiger partial charge in [-0.2, -0.15) is 0 Å². The van der Waals surface area contributed by atoms with Crippen molar-refractivity contribution in [1.29, 1.82) is 0 Å². The van der Waals surface area contributed by atoms with Crippen LogP contribution in [0.4, 0.5) is 0 Å². The van der Waals surface area contributed by atoms with E-state index >= 15 is 0 Å². The zero-order valence-corrected chi connectivity index (χ0v) is 22.1. The average molecular weight is 505 g/mol. The molecule has 38 heavy (non-hydrogen) atoms. The maximum absolute atomic E-state index is 9.03. The van der Waals surface area contributed by atoms with Gasteiger partial charge in [0.15, 0.2) is 0 Å². The first-order valence-electron chi connectivity index (χ1n) is 12.2. The first kappa shape index (κ1) is 27.7. The van der Waals surface area contributed by atoms with Crippen LogP contribution >= 0.6 is 0 Å². The van der Waals surface area contributed by atoms with Gasteiger partial charge in [-0.25, -0.2) is 0 Å². The van der Waals surface area contributed by atoms with E-state index in [1.807, 2.05) is 98.8 Å². The Kier molecular flexibility index (Phi) is 10.3. The number of hydrogen-bond donors (Lipinski definition) is 2. The van der Waals surface area contributed by atoms with E-state index in [2.05, 4.69) is 20.3 Å². The molecule has 6 heteroatoms. The van der Waals surface area contributed by atoms with Crippen molar-refractivity contribution in [3.05, 3.63) is 131 Å². The molecule has 0 fully saturated rings. The van der Waals surface area contributed by atoms with Gasteiger partial charge < -0.3 is 10.4 Å². The number of rotatable bonds is 6. The molecule has 0 unspecified atom stereocenters. The van der Waals surface area contributed by atoms with Gasteiger partial charge in [0.25, 0.3) is 0 Å². The molecule has 0 aliphatic carbocycles. The summed E-state index contributed by atoms with van der Waals surface area (Å²) in [5, 5.41) is 24.7. The zero-order chi connectivity index (χ0) is 27.3. The van der Waals surface area contributed by atoms with Crippen molar-refractivity contribution >= 4 is 34.7 Å². The fourth-order valence-corrected chi connectivity index (χ4v) is 3.62. The Balaban J connectivity index is 0.000000211. The molecule has 4 aromatic rings. The zero-order valence-electron chi connectivity index (χ0n) is 22.1. The molecule has 0 bridgehead atoms. The van der Waals surface area contributed by atoms with Crippen molar-refractivity contribution in [1.82, 2.24) is 9.97 Å². The number of benzene rings is 2. The van der Waals surface area contributed by atoms with E-state index in [1.54, 1.807) is 38.6 Å².